The predicted molar refractivity (Wildman–Crippen MR) is 131 cm³/mol. The number of thiocarbonyl (C=S) groups is 1. The van der Waals surface area contributed by atoms with Gasteiger partial charge in [0.05, 0.1) is 49.5 Å². The molecule has 0 saturated carbocycles. The fourth-order valence-electron chi connectivity index (χ4n) is 3.34. The lowest BCUT2D eigenvalue weighted by Crippen LogP contribution is -2.18. The van der Waals surface area contributed by atoms with Crippen LogP contribution >= 0.6 is 12.2 Å². The van der Waals surface area contributed by atoms with Crippen LogP contribution in [0.5, 0.6) is 0 Å². The van der Waals surface area contributed by atoms with Gasteiger partial charge in [0.1, 0.15) is 0 Å². The molecule has 0 spiro atoms. The zero-order valence-electron chi connectivity index (χ0n) is 18.4. The van der Waals surface area contributed by atoms with Gasteiger partial charge in [0, 0.05) is 12.4 Å². The first-order chi connectivity index (χ1) is 16.0. The van der Waals surface area contributed by atoms with Crippen molar-refractivity contribution < 1.29 is 9.53 Å². The maximum atomic E-state index is 12.0. The highest BCUT2D eigenvalue weighted by molar-refractivity contribution is 7.80. The topological polar surface area (TPSA) is 86.0 Å². The Morgan fingerprint density at radius 2 is 1.55 bits per heavy atom. The van der Waals surface area contributed by atoms with Crippen LogP contribution in [0, 0.1) is 6.92 Å². The van der Waals surface area contributed by atoms with Crippen molar-refractivity contribution in [1.29, 1.82) is 0 Å². The molecule has 2 aromatic carbocycles. The third-order valence-corrected chi connectivity index (χ3v) is 5.21. The van der Waals surface area contributed by atoms with Crippen LogP contribution in [0.1, 0.15) is 27.0 Å². The molecular formula is C24H24N6O2S. The second-order valence-corrected chi connectivity index (χ2v) is 7.97. The number of aromatic nitrogens is 4. The van der Waals surface area contributed by atoms with Crippen molar-refractivity contribution in [1.82, 2.24) is 19.6 Å². The summed E-state index contributed by atoms with van der Waals surface area (Å²) in [6.45, 7) is 3.18. The first-order valence-electron chi connectivity index (χ1n) is 10.3. The number of carbonyl (C=O) groups excluding carboxylic acids is 1. The van der Waals surface area contributed by atoms with E-state index in [-0.39, 0.29) is 5.97 Å². The zero-order valence-corrected chi connectivity index (χ0v) is 19.2. The van der Waals surface area contributed by atoms with E-state index in [0.717, 1.165) is 16.9 Å². The molecular weight excluding hydrogens is 436 g/mol. The van der Waals surface area contributed by atoms with Gasteiger partial charge in [0.2, 0.25) is 0 Å². The number of nitrogens with zero attached hydrogens (tertiary/aromatic N) is 4. The molecule has 9 heteroatoms. The zero-order chi connectivity index (χ0) is 23.2. The molecule has 0 aliphatic carbocycles. The summed E-state index contributed by atoms with van der Waals surface area (Å²) < 4.78 is 8.44. The van der Waals surface area contributed by atoms with Crippen LogP contribution in [0.25, 0.3) is 0 Å². The highest BCUT2D eigenvalue weighted by Crippen LogP contribution is 2.14. The van der Waals surface area contributed by atoms with Crippen LogP contribution in [0.3, 0.4) is 0 Å². The Kier molecular flexibility index (Phi) is 6.80. The van der Waals surface area contributed by atoms with Gasteiger partial charge in [-0.2, -0.15) is 10.2 Å². The number of carbonyl (C=O) groups is 1. The Labute approximate surface area is 197 Å². The molecule has 0 radical (unpaired) electrons. The average Bonchev–Trinajstić information content (AvgIpc) is 3.44. The molecule has 0 amide bonds. The molecule has 4 rings (SSSR count). The van der Waals surface area contributed by atoms with Crippen molar-refractivity contribution in [3.8, 4) is 0 Å². The molecule has 0 saturated heterocycles. The molecule has 0 unspecified atom stereocenters. The van der Waals surface area contributed by atoms with Crippen LogP contribution in [-0.2, 0) is 17.8 Å². The minimum Gasteiger partial charge on any atom is -0.465 e. The molecule has 8 nitrogen and oxygen atoms in total. The average molecular weight is 461 g/mol. The second-order valence-electron chi connectivity index (χ2n) is 7.57. The van der Waals surface area contributed by atoms with E-state index in [4.69, 9.17) is 17.0 Å². The standard InChI is InChI=1S/C24H24N6O2S/c1-17-7-9-18(10-8-17)13-29-15-20(11-25-29)27-24(33)28-21-12-26-30(16-21)14-19-5-3-4-6-22(19)23(31)32-2/h3-12,15-16H,13-14H2,1-2H3,(H2,27,28,33). The lowest BCUT2D eigenvalue weighted by atomic mass is 10.1. The van der Waals surface area contributed by atoms with Gasteiger partial charge in [-0.05, 0) is 36.3 Å². The van der Waals surface area contributed by atoms with Gasteiger partial charge in [-0.3, -0.25) is 9.36 Å². The number of methoxy groups -OCH3 is 1. The van der Waals surface area contributed by atoms with E-state index in [0.29, 0.717) is 23.8 Å². The summed E-state index contributed by atoms with van der Waals surface area (Å²) in [4.78, 5) is 12.0. The summed E-state index contributed by atoms with van der Waals surface area (Å²) in [5.74, 6) is -0.371. The minimum absolute atomic E-state index is 0.371. The normalized spacial score (nSPS) is 10.6. The molecule has 2 heterocycles. The number of aryl methyl sites for hydroxylation is 1. The molecule has 33 heavy (non-hydrogen) atoms. The molecule has 168 valence electrons. The van der Waals surface area contributed by atoms with E-state index >= 15 is 0 Å². The Morgan fingerprint density at radius 1 is 0.939 bits per heavy atom. The second kappa shape index (κ2) is 10.1. The van der Waals surface area contributed by atoms with Gasteiger partial charge >= 0.3 is 5.97 Å². The van der Waals surface area contributed by atoms with E-state index in [1.807, 2.05) is 29.2 Å². The third-order valence-electron chi connectivity index (χ3n) is 5.00. The van der Waals surface area contributed by atoms with Gasteiger partial charge in [0.25, 0.3) is 0 Å². The summed E-state index contributed by atoms with van der Waals surface area (Å²) >= 11 is 5.42. The number of hydrogen-bond donors (Lipinski definition) is 2. The Morgan fingerprint density at radius 3 is 2.18 bits per heavy atom. The van der Waals surface area contributed by atoms with E-state index in [1.54, 1.807) is 29.2 Å². The highest BCUT2D eigenvalue weighted by atomic mass is 32.1. The minimum atomic E-state index is -0.371. The fourth-order valence-corrected chi connectivity index (χ4v) is 3.58. The summed E-state index contributed by atoms with van der Waals surface area (Å²) in [5, 5.41) is 15.4. The fraction of sp³-hybridized carbons (Fsp3) is 0.167. The third kappa shape index (κ3) is 5.83. The highest BCUT2D eigenvalue weighted by Gasteiger charge is 2.12. The predicted octanol–water partition coefficient (Wildman–Crippen LogP) is 4.08. The molecule has 0 atom stereocenters. The van der Waals surface area contributed by atoms with E-state index in [2.05, 4.69) is 52.0 Å². The van der Waals surface area contributed by atoms with Gasteiger partial charge < -0.3 is 15.4 Å². The van der Waals surface area contributed by atoms with E-state index in [1.165, 1.54) is 18.2 Å². The van der Waals surface area contributed by atoms with E-state index in [9.17, 15) is 4.79 Å². The lowest BCUT2D eigenvalue weighted by Gasteiger charge is -2.08. The summed E-state index contributed by atoms with van der Waals surface area (Å²) in [5.41, 5.74) is 5.27. The molecule has 0 aliphatic rings. The molecule has 0 bridgehead atoms. The first kappa shape index (κ1) is 22.2. The Hall–Kier alpha value is -3.98. The summed E-state index contributed by atoms with van der Waals surface area (Å²) in [6, 6.07) is 15.7. The van der Waals surface area contributed by atoms with Gasteiger partial charge in [-0.25, -0.2) is 4.79 Å². The number of esters is 1. The number of rotatable bonds is 7. The summed E-state index contributed by atoms with van der Waals surface area (Å²) in [6.07, 6.45) is 7.13. The smallest absolute Gasteiger partial charge is 0.338 e. The van der Waals surface area contributed by atoms with Crippen molar-refractivity contribution in [2.45, 2.75) is 20.0 Å². The first-order valence-corrected chi connectivity index (χ1v) is 10.8. The quantitative estimate of drug-likeness (QED) is 0.317. The molecule has 4 aromatic rings. The van der Waals surface area contributed by atoms with Crippen LogP contribution in [0.2, 0.25) is 0 Å². The number of hydrogen-bond acceptors (Lipinski definition) is 5. The summed E-state index contributed by atoms with van der Waals surface area (Å²) in [7, 11) is 1.37. The number of anilines is 2. The maximum Gasteiger partial charge on any atom is 0.338 e. The Balaban J connectivity index is 1.34. The van der Waals surface area contributed by atoms with Gasteiger partial charge in [0.15, 0.2) is 5.11 Å². The number of benzene rings is 2. The molecule has 0 aliphatic heterocycles. The number of nitrogens with one attached hydrogen (secondary N) is 2. The van der Waals surface area contributed by atoms with Gasteiger partial charge in [-0.1, -0.05) is 48.0 Å². The monoisotopic (exact) mass is 460 g/mol. The van der Waals surface area contributed by atoms with Crippen molar-refractivity contribution in [3.05, 3.63) is 95.6 Å². The molecule has 2 aromatic heterocycles. The van der Waals surface area contributed by atoms with Gasteiger partial charge in [-0.15, -0.1) is 0 Å². The van der Waals surface area contributed by atoms with Crippen LogP contribution in [0.15, 0.2) is 73.3 Å². The van der Waals surface area contributed by atoms with Crippen LogP contribution < -0.4 is 10.6 Å². The lowest BCUT2D eigenvalue weighted by molar-refractivity contribution is 0.0599. The SMILES string of the molecule is COC(=O)c1ccccc1Cn1cc(NC(=S)Nc2cnn(Cc3ccc(C)cc3)c2)cn1. The molecule has 2 N–H and O–H groups in total. The van der Waals surface area contributed by atoms with Crippen molar-refractivity contribution in [2.75, 3.05) is 17.7 Å². The van der Waals surface area contributed by atoms with E-state index < -0.39 is 0 Å². The van der Waals surface area contributed by atoms with Crippen molar-refractivity contribution in [3.63, 3.8) is 0 Å². The molecule has 0 fully saturated rings. The van der Waals surface area contributed by atoms with Crippen LogP contribution in [-0.4, -0.2) is 37.8 Å². The van der Waals surface area contributed by atoms with Crippen molar-refractivity contribution in [2.24, 2.45) is 0 Å². The van der Waals surface area contributed by atoms with Crippen LogP contribution in [0.4, 0.5) is 11.4 Å². The van der Waals surface area contributed by atoms with Crippen molar-refractivity contribution >= 4 is 34.7 Å². The largest absolute Gasteiger partial charge is 0.465 e. The maximum absolute atomic E-state index is 12.0. The Bertz CT molecular complexity index is 1260. The number of ether oxygens (including phenoxy) is 1.